The van der Waals surface area contributed by atoms with Crippen molar-refractivity contribution in [2.24, 2.45) is 10.9 Å². The van der Waals surface area contributed by atoms with Gasteiger partial charge in [-0.05, 0) is 35.4 Å². The summed E-state index contributed by atoms with van der Waals surface area (Å²) in [6, 6.07) is 9.49. The van der Waals surface area contributed by atoms with Crippen molar-refractivity contribution in [1.29, 1.82) is 0 Å². The molecule has 0 unspecified atom stereocenters. The van der Waals surface area contributed by atoms with Gasteiger partial charge < -0.3 is 21.0 Å². The Labute approximate surface area is 123 Å². The summed E-state index contributed by atoms with van der Waals surface area (Å²) in [5, 5.41) is 15.1. The van der Waals surface area contributed by atoms with Gasteiger partial charge in [0.2, 0.25) is 0 Å². The zero-order chi connectivity index (χ0) is 15.1. The molecular weight excluding hydrogens is 268 g/mol. The molecular formula is C15H18N4O2. The summed E-state index contributed by atoms with van der Waals surface area (Å²) in [5.74, 6) is 0.608. The zero-order valence-electron chi connectivity index (χ0n) is 11.8. The van der Waals surface area contributed by atoms with Gasteiger partial charge in [0.05, 0.1) is 12.7 Å². The normalized spacial score (nSPS) is 11.4. The van der Waals surface area contributed by atoms with Crippen molar-refractivity contribution in [3.63, 3.8) is 0 Å². The summed E-state index contributed by atoms with van der Waals surface area (Å²) in [6.07, 6.45) is 3.54. The topological polar surface area (TPSA) is 92.8 Å². The van der Waals surface area contributed by atoms with Gasteiger partial charge in [-0.3, -0.25) is 4.98 Å². The third-order valence-corrected chi connectivity index (χ3v) is 3.06. The molecule has 4 N–H and O–H groups in total. The van der Waals surface area contributed by atoms with Crippen LogP contribution in [-0.2, 0) is 13.1 Å². The maximum Gasteiger partial charge on any atom is 0.173 e. The number of hydrogen-bond donors (Lipinski definition) is 3. The molecule has 0 aliphatic carbocycles. The first kappa shape index (κ1) is 14.8. The Hall–Kier alpha value is -2.60. The highest BCUT2D eigenvalue weighted by molar-refractivity contribution is 5.99. The highest BCUT2D eigenvalue weighted by Crippen LogP contribution is 2.20. The Bertz CT molecular complexity index is 614. The predicted molar refractivity (Wildman–Crippen MR) is 80.3 cm³/mol. The van der Waals surface area contributed by atoms with E-state index >= 15 is 0 Å². The van der Waals surface area contributed by atoms with E-state index in [1.54, 1.807) is 25.6 Å². The van der Waals surface area contributed by atoms with E-state index in [2.05, 4.69) is 15.5 Å². The molecule has 1 aromatic heterocycles. The van der Waals surface area contributed by atoms with Crippen LogP contribution in [0, 0.1) is 0 Å². The molecule has 0 amide bonds. The molecule has 0 fully saturated rings. The Morgan fingerprint density at radius 3 is 2.62 bits per heavy atom. The van der Waals surface area contributed by atoms with E-state index in [1.807, 2.05) is 24.3 Å². The average molecular weight is 286 g/mol. The third kappa shape index (κ3) is 3.93. The second-order valence-electron chi connectivity index (χ2n) is 4.48. The van der Waals surface area contributed by atoms with Crippen molar-refractivity contribution in [2.45, 2.75) is 13.1 Å². The van der Waals surface area contributed by atoms with E-state index in [0.717, 1.165) is 12.1 Å². The van der Waals surface area contributed by atoms with Crippen LogP contribution in [0.1, 0.15) is 16.7 Å². The van der Waals surface area contributed by atoms with Gasteiger partial charge in [-0.15, -0.1) is 0 Å². The van der Waals surface area contributed by atoms with Crippen LogP contribution in [0.15, 0.2) is 47.9 Å². The number of nitrogens with one attached hydrogen (secondary N) is 1. The predicted octanol–water partition coefficient (Wildman–Crippen LogP) is 1.47. The molecule has 1 aromatic carbocycles. The van der Waals surface area contributed by atoms with Crippen molar-refractivity contribution in [3.05, 3.63) is 59.4 Å². The summed E-state index contributed by atoms with van der Waals surface area (Å²) in [4.78, 5) is 3.98. The molecule has 0 bridgehead atoms. The third-order valence-electron chi connectivity index (χ3n) is 3.06. The van der Waals surface area contributed by atoms with Gasteiger partial charge in [0, 0.05) is 25.5 Å². The molecule has 6 nitrogen and oxygen atoms in total. The van der Waals surface area contributed by atoms with Gasteiger partial charge in [-0.1, -0.05) is 11.2 Å². The highest BCUT2D eigenvalue weighted by Gasteiger charge is 2.08. The van der Waals surface area contributed by atoms with Gasteiger partial charge in [0.25, 0.3) is 0 Å². The first-order valence-electron chi connectivity index (χ1n) is 6.49. The Kier molecular flexibility index (Phi) is 5.11. The molecule has 0 aliphatic heterocycles. The lowest BCUT2D eigenvalue weighted by atomic mass is 10.1. The number of nitrogens with two attached hydrogens (primary N) is 1. The lowest BCUT2D eigenvalue weighted by molar-refractivity contribution is 0.318. The highest BCUT2D eigenvalue weighted by atomic mass is 16.5. The molecule has 0 saturated heterocycles. The molecule has 0 saturated carbocycles. The zero-order valence-corrected chi connectivity index (χ0v) is 11.8. The summed E-state index contributed by atoms with van der Waals surface area (Å²) < 4.78 is 5.27. The van der Waals surface area contributed by atoms with Crippen LogP contribution in [0.4, 0.5) is 0 Å². The van der Waals surface area contributed by atoms with Crippen LogP contribution in [0.5, 0.6) is 5.75 Å². The lowest BCUT2D eigenvalue weighted by Gasteiger charge is -2.10. The number of pyridine rings is 1. The summed E-state index contributed by atoms with van der Waals surface area (Å²) in [6.45, 7) is 1.45. The molecule has 0 atom stereocenters. The fourth-order valence-corrected chi connectivity index (χ4v) is 1.96. The number of oxime groups is 1. The molecule has 2 aromatic rings. The molecule has 21 heavy (non-hydrogen) atoms. The largest absolute Gasteiger partial charge is 0.496 e. The maximum absolute atomic E-state index is 8.73. The van der Waals surface area contributed by atoms with E-state index in [4.69, 9.17) is 15.7 Å². The van der Waals surface area contributed by atoms with E-state index in [-0.39, 0.29) is 5.84 Å². The molecule has 110 valence electrons. The molecule has 0 aliphatic rings. The first-order chi connectivity index (χ1) is 10.2. The van der Waals surface area contributed by atoms with Crippen LogP contribution in [0.2, 0.25) is 0 Å². The summed E-state index contributed by atoms with van der Waals surface area (Å²) in [5.41, 5.74) is 8.39. The number of rotatable bonds is 6. The fraction of sp³-hybridized carbons (Fsp3) is 0.200. The molecule has 6 heteroatoms. The van der Waals surface area contributed by atoms with Gasteiger partial charge in [0.1, 0.15) is 5.75 Å². The number of ether oxygens (including phenoxy) is 1. The van der Waals surface area contributed by atoms with Crippen molar-refractivity contribution < 1.29 is 9.94 Å². The smallest absolute Gasteiger partial charge is 0.173 e. The number of aromatic nitrogens is 1. The quantitative estimate of drug-likeness (QED) is 0.324. The number of amidine groups is 1. The number of nitrogens with zero attached hydrogens (tertiary/aromatic N) is 2. The second kappa shape index (κ2) is 7.25. The maximum atomic E-state index is 8.73. The minimum atomic E-state index is 0.0307. The Morgan fingerprint density at radius 1 is 1.24 bits per heavy atom. The molecule has 0 radical (unpaired) electrons. The average Bonchev–Trinajstić information content (AvgIpc) is 2.55. The minimum absolute atomic E-state index is 0.0307. The van der Waals surface area contributed by atoms with Crippen molar-refractivity contribution in [2.75, 3.05) is 7.11 Å². The van der Waals surface area contributed by atoms with Gasteiger partial charge >= 0.3 is 0 Å². The molecule has 2 rings (SSSR count). The lowest BCUT2D eigenvalue weighted by Crippen LogP contribution is -2.16. The van der Waals surface area contributed by atoms with Gasteiger partial charge in [-0.2, -0.15) is 0 Å². The van der Waals surface area contributed by atoms with E-state index in [9.17, 15) is 0 Å². The molecule has 1 heterocycles. The monoisotopic (exact) mass is 286 g/mol. The van der Waals surface area contributed by atoms with Gasteiger partial charge in [0.15, 0.2) is 5.84 Å². The van der Waals surface area contributed by atoms with Crippen LogP contribution < -0.4 is 15.8 Å². The number of methoxy groups -OCH3 is 1. The van der Waals surface area contributed by atoms with Crippen molar-refractivity contribution in [1.82, 2.24) is 10.3 Å². The standard InChI is InChI=1S/C15H18N4O2/c1-21-14-8-12(2-3-13(14)15(16)19-20)10-18-9-11-4-6-17-7-5-11/h2-8,18,20H,9-10H2,1H3,(H2,16,19). The Balaban J connectivity index is 2.01. The minimum Gasteiger partial charge on any atom is -0.496 e. The number of benzene rings is 1. The van der Waals surface area contributed by atoms with Crippen molar-refractivity contribution >= 4 is 5.84 Å². The molecule has 0 spiro atoms. The van der Waals surface area contributed by atoms with E-state index in [1.165, 1.54) is 5.56 Å². The van der Waals surface area contributed by atoms with Crippen LogP contribution in [-0.4, -0.2) is 23.1 Å². The Morgan fingerprint density at radius 2 is 1.95 bits per heavy atom. The summed E-state index contributed by atoms with van der Waals surface area (Å²) >= 11 is 0. The SMILES string of the molecule is COc1cc(CNCc2ccncc2)ccc1/C(N)=N/O. The van der Waals surface area contributed by atoms with E-state index < -0.39 is 0 Å². The van der Waals surface area contributed by atoms with Crippen LogP contribution in [0.3, 0.4) is 0 Å². The second-order valence-corrected chi connectivity index (χ2v) is 4.48. The first-order valence-corrected chi connectivity index (χ1v) is 6.49. The van der Waals surface area contributed by atoms with E-state index in [0.29, 0.717) is 17.9 Å². The number of hydrogen-bond acceptors (Lipinski definition) is 5. The van der Waals surface area contributed by atoms with Crippen LogP contribution in [0.25, 0.3) is 0 Å². The van der Waals surface area contributed by atoms with Crippen LogP contribution >= 0.6 is 0 Å². The fourth-order valence-electron chi connectivity index (χ4n) is 1.96. The van der Waals surface area contributed by atoms with Crippen molar-refractivity contribution in [3.8, 4) is 5.75 Å². The summed E-state index contributed by atoms with van der Waals surface area (Å²) in [7, 11) is 1.55. The van der Waals surface area contributed by atoms with Gasteiger partial charge in [-0.25, -0.2) is 0 Å².